The molecule has 2 rings (SSSR count). The topological polar surface area (TPSA) is 69.6 Å². The first kappa shape index (κ1) is 15.2. The number of nitrogens with one attached hydrogen (secondary N) is 1. The van der Waals surface area contributed by atoms with Gasteiger partial charge >= 0.3 is 0 Å². The molecule has 0 radical (unpaired) electrons. The lowest BCUT2D eigenvalue weighted by molar-refractivity contribution is -0.136. The molecule has 0 aliphatic carbocycles. The zero-order chi connectivity index (χ0) is 15.2. The van der Waals surface area contributed by atoms with E-state index in [-0.39, 0.29) is 31.5 Å². The highest BCUT2D eigenvalue weighted by Gasteiger charge is 2.22. The van der Waals surface area contributed by atoms with Crippen molar-refractivity contribution in [1.29, 1.82) is 0 Å². The fourth-order valence-corrected chi connectivity index (χ4v) is 2.07. The monoisotopic (exact) mass is 290 g/mol. The van der Waals surface area contributed by atoms with Crippen LogP contribution in [0.25, 0.3) is 0 Å². The normalized spacial score (nSPS) is 15.3. The van der Waals surface area contributed by atoms with E-state index >= 15 is 0 Å². The van der Waals surface area contributed by atoms with Gasteiger partial charge in [0.2, 0.25) is 11.8 Å². The van der Waals surface area contributed by atoms with Crippen LogP contribution < -0.4 is 5.32 Å². The van der Waals surface area contributed by atoms with E-state index in [9.17, 15) is 14.0 Å². The van der Waals surface area contributed by atoms with Crippen LogP contribution in [0.4, 0.5) is 4.39 Å². The van der Waals surface area contributed by atoms with Crippen molar-refractivity contribution in [2.24, 2.45) is 0 Å². The molecule has 1 aliphatic rings. The molecule has 2 N–H and O–H groups in total. The van der Waals surface area contributed by atoms with Crippen molar-refractivity contribution in [3.05, 3.63) is 35.1 Å². The maximum Gasteiger partial charge on any atom is 0.240 e. The van der Waals surface area contributed by atoms with E-state index in [1.54, 1.807) is 11.0 Å². The van der Waals surface area contributed by atoms with E-state index in [0.717, 1.165) is 5.56 Å². The van der Waals surface area contributed by atoms with Crippen LogP contribution in [0.5, 0.6) is 0 Å². The molecule has 5 nitrogen and oxygen atoms in total. The van der Waals surface area contributed by atoms with Gasteiger partial charge in [-0.05, 0) is 17.7 Å². The van der Waals surface area contributed by atoms with Crippen LogP contribution in [0.15, 0.2) is 18.2 Å². The highest BCUT2D eigenvalue weighted by molar-refractivity contribution is 5.99. The lowest BCUT2D eigenvalue weighted by Crippen LogP contribution is -2.50. The van der Waals surface area contributed by atoms with Gasteiger partial charge < -0.3 is 5.11 Å². The third-order valence-electron chi connectivity index (χ3n) is 2.94. The number of hydrogen-bond donors (Lipinski definition) is 2. The number of aliphatic hydroxyl groups is 1. The summed E-state index contributed by atoms with van der Waals surface area (Å²) >= 11 is 0. The Hall–Kier alpha value is -2.23. The van der Waals surface area contributed by atoms with Crippen molar-refractivity contribution in [2.45, 2.75) is 13.0 Å². The van der Waals surface area contributed by atoms with Crippen molar-refractivity contribution in [3.63, 3.8) is 0 Å². The zero-order valence-electron chi connectivity index (χ0n) is 11.4. The Morgan fingerprint density at radius 3 is 2.67 bits per heavy atom. The van der Waals surface area contributed by atoms with Gasteiger partial charge in [0.05, 0.1) is 19.7 Å². The van der Waals surface area contributed by atoms with Crippen molar-refractivity contribution >= 4 is 11.8 Å². The molecule has 0 unspecified atom stereocenters. The van der Waals surface area contributed by atoms with Gasteiger partial charge in [0.25, 0.3) is 0 Å². The fourth-order valence-electron chi connectivity index (χ4n) is 2.07. The number of piperazine rings is 1. The number of rotatable bonds is 3. The molecule has 0 aromatic heterocycles. The zero-order valence-corrected chi connectivity index (χ0v) is 11.4. The van der Waals surface area contributed by atoms with Crippen LogP contribution in [0.2, 0.25) is 0 Å². The second-order valence-corrected chi connectivity index (χ2v) is 4.69. The molecule has 1 aliphatic heterocycles. The van der Waals surface area contributed by atoms with Crippen LogP contribution in [-0.4, -0.2) is 41.5 Å². The van der Waals surface area contributed by atoms with Gasteiger partial charge in [-0.3, -0.25) is 19.8 Å². The second kappa shape index (κ2) is 6.97. The van der Waals surface area contributed by atoms with E-state index < -0.39 is 5.82 Å². The molecule has 0 bridgehead atoms. The molecule has 1 aromatic carbocycles. The minimum atomic E-state index is -0.403. The number of imide groups is 1. The number of nitrogens with zero attached hydrogens (tertiary/aromatic N) is 1. The maximum atomic E-state index is 13.3. The summed E-state index contributed by atoms with van der Waals surface area (Å²) in [5, 5.41) is 10.9. The molecule has 2 amide bonds. The highest BCUT2D eigenvalue weighted by Crippen LogP contribution is 2.14. The van der Waals surface area contributed by atoms with Gasteiger partial charge in [-0.1, -0.05) is 17.9 Å². The molecule has 1 fully saturated rings. The predicted molar refractivity (Wildman–Crippen MR) is 73.4 cm³/mol. The Bertz CT molecular complexity index is 603. The van der Waals surface area contributed by atoms with Crippen molar-refractivity contribution < 1.29 is 19.1 Å². The van der Waals surface area contributed by atoms with Gasteiger partial charge in [0.15, 0.2) is 0 Å². The van der Waals surface area contributed by atoms with E-state index in [1.807, 2.05) is 0 Å². The number of halogens is 1. The lowest BCUT2D eigenvalue weighted by atomic mass is 10.1. The van der Waals surface area contributed by atoms with Crippen molar-refractivity contribution in [1.82, 2.24) is 10.2 Å². The number of carbonyl (C=O) groups excluding carboxylic acids is 2. The van der Waals surface area contributed by atoms with E-state index in [2.05, 4.69) is 17.2 Å². The summed E-state index contributed by atoms with van der Waals surface area (Å²) in [7, 11) is 0. The molecule has 1 heterocycles. The molecule has 6 heteroatoms. The minimum Gasteiger partial charge on any atom is -0.395 e. The van der Waals surface area contributed by atoms with Crippen molar-refractivity contribution in [2.75, 3.05) is 19.7 Å². The molecule has 0 saturated carbocycles. The number of hydrogen-bond acceptors (Lipinski definition) is 4. The fraction of sp³-hybridized carbons (Fsp3) is 0.333. The first-order chi connectivity index (χ1) is 10.1. The summed E-state index contributed by atoms with van der Waals surface area (Å²) in [5.74, 6) is 4.45. The summed E-state index contributed by atoms with van der Waals surface area (Å²) in [6.45, 7) is 0.514. The first-order valence-corrected chi connectivity index (χ1v) is 6.51. The summed E-state index contributed by atoms with van der Waals surface area (Å²) in [4.78, 5) is 24.3. The largest absolute Gasteiger partial charge is 0.395 e. The summed E-state index contributed by atoms with van der Waals surface area (Å²) in [6.07, 6.45) is 0.306. The van der Waals surface area contributed by atoms with Crippen molar-refractivity contribution in [3.8, 4) is 11.8 Å². The Kier molecular flexibility index (Phi) is 5.04. The van der Waals surface area contributed by atoms with Crippen LogP contribution in [-0.2, 0) is 16.1 Å². The van der Waals surface area contributed by atoms with Gasteiger partial charge in [0, 0.05) is 18.5 Å². The Morgan fingerprint density at radius 1 is 1.29 bits per heavy atom. The standard InChI is InChI=1S/C15H15FN2O3/c16-13-5-4-12(11(7-13)3-1-2-6-19)8-18-9-14(20)17-15(21)10-18/h4-5,7,19H,2,6,8-10H2,(H,17,20,21). The Balaban J connectivity index is 2.17. The van der Waals surface area contributed by atoms with E-state index in [4.69, 9.17) is 5.11 Å². The maximum absolute atomic E-state index is 13.3. The molecular weight excluding hydrogens is 275 g/mol. The average molecular weight is 290 g/mol. The number of amides is 2. The van der Waals surface area contributed by atoms with Gasteiger partial charge in [-0.25, -0.2) is 4.39 Å². The average Bonchev–Trinajstić information content (AvgIpc) is 2.41. The Labute approximate surface area is 121 Å². The second-order valence-electron chi connectivity index (χ2n) is 4.69. The molecule has 1 aromatic rings. The molecule has 21 heavy (non-hydrogen) atoms. The third kappa shape index (κ3) is 4.38. The van der Waals surface area contributed by atoms with Crippen LogP contribution in [0, 0.1) is 17.7 Å². The molecule has 0 atom stereocenters. The summed E-state index contributed by atoms with van der Waals surface area (Å²) < 4.78 is 13.3. The molecule has 1 saturated heterocycles. The van der Waals surface area contributed by atoms with E-state index in [0.29, 0.717) is 18.5 Å². The highest BCUT2D eigenvalue weighted by atomic mass is 19.1. The predicted octanol–water partition coefficient (Wildman–Crippen LogP) is 0.0180. The molecular formula is C15H15FN2O3. The SMILES string of the molecule is O=C1CN(Cc2ccc(F)cc2C#CCCO)CC(=O)N1. The van der Waals surface area contributed by atoms with Crippen LogP contribution in [0.1, 0.15) is 17.5 Å². The van der Waals surface area contributed by atoms with Crippen LogP contribution >= 0.6 is 0 Å². The smallest absolute Gasteiger partial charge is 0.240 e. The van der Waals surface area contributed by atoms with Gasteiger partial charge in [-0.2, -0.15) is 0 Å². The molecule has 110 valence electrons. The van der Waals surface area contributed by atoms with Gasteiger partial charge in [0.1, 0.15) is 5.82 Å². The summed E-state index contributed by atoms with van der Waals surface area (Å²) in [5.41, 5.74) is 1.24. The number of aliphatic hydroxyl groups excluding tert-OH is 1. The third-order valence-corrected chi connectivity index (χ3v) is 2.94. The summed E-state index contributed by atoms with van der Waals surface area (Å²) in [6, 6.07) is 4.22. The Morgan fingerprint density at radius 2 is 2.00 bits per heavy atom. The van der Waals surface area contributed by atoms with Crippen LogP contribution in [0.3, 0.4) is 0 Å². The minimum absolute atomic E-state index is 0.0571. The lowest BCUT2D eigenvalue weighted by Gasteiger charge is -2.25. The van der Waals surface area contributed by atoms with Gasteiger partial charge in [-0.15, -0.1) is 0 Å². The number of benzene rings is 1. The quantitative estimate of drug-likeness (QED) is 0.608. The first-order valence-electron chi connectivity index (χ1n) is 6.51. The molecule has 0 spiro atoms. The van der Waals surface area contributed by atoms with E-state index in [1.165, 1.54) is 12.1 Å². The number of carbonyl (C=O) groups is 2.